The summed E-state index contributed by atoms with van der Waals surface area (Å²) in [5.41, 5.74) is 7.32. The highest BCUT2D eigenvalue weighted by Gasteiger charge is 2.15. The van der Waals surface area contributed by atoms with E-state index in [2.05, 4.69) is 10.3 Å². The molecule has 0 aliphatic carbocycles. The molecule has 21 heavy (non-hydrogen) atoms. The highest BCUT2D eigenvalue weighted by molar-refractivity contribution is 6.03. The molecule has 2 rings (SSSR count). The first-order valence-electron chi connectivity index (χ1n) is 6.18. The molecule has 3 N–H and O–H groups in total. The van der Waals surface area contributed by atoms with Crippen LogP contribution in [0, 0.1) is 24.0 Å². The van der Waals surface area contributed by atoms with Crippen LogP contribution < -0.4 is 11.1 Å². The van der Waals surface area contributed by atoms with E-state index in [1.54, 1.807) is 38.1 Å². The van der Waals surface area contributed by atoms with Crippen LogP contribution in [-0.4, -0.2) is 15.8 Å². The zero-order chi connectivity index (χ0) is 15.6. The minimum Gasteiger partial charge on any atom is -0.384 e. The zero-order valence-electron chi connectivity index (χ0n) is 11.6. The number of benzene rings is 1. The number of aromatic nitrogens is 1. The molecule has 1 heterocycles. The Kier molecular flexibility index (Phi) is 3.84. The van der Waals surface area contributed by atoms with Crippen LogP contribution in [0.5, 0.6) is 0 Å². The van der Waals surface area contributed by atoms with Crippen molar-refractivity contribution in [2.75, 3.05) is 11.1 Å². The lowest BCUT2D eigenvalue weighted by molar-refractivity contribution is -0.385. The van der Waals surface area contributed by atoms with E-state index in [0.717, 1.165) is 0 Å². The number of anilines is 2. The maximum absolute atomic E-state index is 12.1. The minimum absolute atomic E-state index is 0.0209. The van der Waals surface area contributed by atoms with Gasteiger partial charge in [0.1, 0.15) is 11.5 Å². The average molecular weight is 286 g/mol. The molecule has 0 bridgehead atoms. The zero-order valence-corrected chi connectivity index (χ0v) is 11.6. The monoisotopic (exact) mass is 286 g/mol. The Morgan fingerprint density at radius 2 is 2.00 bits per heavy atom. The van der Waals surface area contributed by atoms with Crippen molar-refractivity contribution < 1.29 is 9.72 Å². The molecule has 0 aliphatic heterocycles. The van der Waals surface area contributed by atoms with Gasteiger partial charge in [-0.05, 0) is 37.6 Å². The summed E-state index contributed by atoms with van der Waals surface area (Å²) in [6, 6.07) is 7.75. The number of nitrogens with one attached hydrogen (secondary N) is 1. The van der Waals surface area contributed by atoms with Crippen molar-refractivity contribution in [1.29, 1.82) is 0 Å². The molecule has 0 unspecified atom stereocenters. The van der Waals surface area contributed by atoms with Crippen molar-refractivity contribution in [3.63, 3.8) is 0 Å². The molecule has 2 aromatic rings. The number of pyridine rings is 1. The Labute approximate surface area is 121 Å². The minimum atomic E-state index is -0.451. The van der Waals surface area contributed by atoms with Crippen LogP contribution in [0.4, 0.5) is 17.2 Å². The number of nitro benzene ring substituents is 1. The second-order valence-corrected chi connectivity index (χ2v) is 4.61. The predicted molar refractivity (Wildman–Crippen MR) is 79.2 cm³/mol. The number of rotatable bonds is 3. The fourth-order valence-corrected chi connectivity index (χ4v) is 1.90. The van der Waals surface area contributed by atoms with Gasteiger partial charge in [-0.3, -0.25) is 14.9 Å². The molecule has 0 spiro atoms. The van der Waals surface area contributed by atoms with Gasteiger partial charge in [0.25, 0.3) is 11.6 Å². The average Bonchev–Trinajstić information content (AvgIpc) is 2.42. The molecular formula is C14H14N4O3. The number of nitrogens with two attached hydrogens (primary N) is 1. The molecule has 1 aromatic carbocycles. The summed E-state index contributed by atoms with van der Waals surface area (Å²) in [6.45, 7) is 3.31. The quantitative estimate of drug-likeness (QED) is 0.665. The van der Waals surface area contributed by atoms with E-state index in [9.17, 15) is 14.9 Å². The van der Waals surface area contributed by atoms with Crippen molar-refractivity contribution in [2.45, 2.75) is 13.8 Å². The number of carbonyl (C=O) groups excluding carboxylic acids is 1. The third-order valence-electron chi connectivity index (χ3n) is 2.99. The number of nitro groups is 1. The third-order valence-corrected chi connectivity index (χ3v) is 2.99. The topological polar surface area (TPSA) is 111 Å². The van der Waals surface area contributed by atoms with Crippen molar-refractivity contribution in [2.24, 2.45) is 0 Å². The van der Waals surface area contributed by atoms with Gasteiger partial charge in [0, 0.05) is 17.3 Å². The number of nitrogen functional groups attached to an aromatic ring is 1. The maximum atomic E-state index is 12.1. The molecule has 0 radical (unpaired) electrons. The molecule has 0 aliphatic rings. The van der Waals surface area contributed by atoms with E-state index in [4.69, 9.17) is 5.73 Å². The Morgan fingerprint density at radius 3 is 2.62 bits per heavy atom. The first kappa shape index (κ1) is 14.4. The lowest BCUT2D eigenvalue weighted by Gasteiger charge is -2.09. The first-order chi connectivity index (χ1) is 9.88. The van der Waals surface area contributed by atoms with Gasteiger partial charge in [0.05, 0.1) is 4.92 Å². The molecule has 7 nitrogen and oxygen atoms in total. The Bertz CT molecular complexity index is 728. The van der Waals surface area contributed by atoms with Crippen LogP contribution in [0.25, 0.3) is 0 Å². The van der Waals surface area contributed by atoms with Gasteiger partial charge >= 0.3 is 0 Å². The van der Waals surface area contributed by atoms with Gasteiger partial charge in [-0.15, -0.1) is 0 Å². The van der Waals surface area contributed by atoms with E-state index in [-0.39, 0.29) is 17.2 Å². The van der Waals surface area contributed by atoms with Gasteiger partial charge in [0.2, 0.25) is 0 Å². The number of carbonyl (C=O) groups is 1. The Balaban J connectivity index is 2.30. The smallest absolute Gasteiger partial charge is 0.274 e. The highest BCUT2D eigenvalue weighted by Crippen LogP contribution is 2.26. The molecule has 7 heteroatoms. The second-order valence-electron chi connectivity index (χ2n) is 4.61. The first-order valence-corrected chi connectivity index (χ1v) is 6.18. The fraction of sp³-hybridized carbons (Fsp3) is 0.143. The van der Waals surface area contributed by atoms with E-state index < -0.39 is 10.8 Å². The van der Waals surface area contributed by atoms with Crippen LogP contribution in [0.3, 0.4) is 0 Å². The van der Waals surface area contributed by atoms with Crippen LogP contribution in [0.1, 0.15) is 21.6 Å². The van der Waals surface area contributed by atoms with Crippen LogP contribution in [-0.2, 0) is 0 Å². The summed E-state index contributed by atoms with van der Waals surface area (Å²) in [7, 11) is 0. The summed E-state index contributed by atoms with van der Waals surface area (Å²) in [6.07, 6.45) is 0. The Hall–Kier alpha value is -2.96. The number of hydrogen-bond acceptors (Lipinski definition) is 5. The van der Waals surface area contributed by atoms with E-state index in [0.29, 0.717) is 16.8 Å². The summed E-state index contributed by atoms with van der Waals surface area (Å²) in [4.78, 5) is 26.4. The summed E-state index contributed by atoms with van der Waals surface area (Å²) in [5.74, 6) is -0.169. The van der Waals surface area contributed by atoms with Gasteiger partial charge in [-0.25, -0.2) is 4.98 Å². The van der Waals surface area contributed by atoms with E-state index in [1.807, 2.05) is 0 Å². The van der Waals surface area contributed by atoms with Crippen molar-refractivity contribution in [3.05, 3.63) is 57.3 Å². The number of hydrogen-bond donors (Lipinski definition) is 2. The molecular weight excluding hydrogens is 272 g/mol. The number of nitrogens with zero attached hydrogens (tertiary/aromatic N) is 2. The maximum Gasteiger partial charge on any atom is 0.274 e. The van der Waals surface area contributed by atoms with Crippen molar-refractivity contribution >= 4 is 23.1 Å². The van der Waals surface area contributed by atoms with Gasteiger partial charge < -0.3 is 11.1 Å². The summed E-state index contributed by atoms with van der Waals surface area (Å²) < 4.78 is 0. The summed E-state index contributed by atoms with van der Waals surface area (Å²) >= 11 is 0. The van der Waals surface area contributed by atoms with Crippen LogP contribution in [0.15, 0.2) is 30.3 Å². The highest BCUT2D eigenvalue weighted by atomic mass is 16.6. The van der Waals surface area contributed by atoms with Gasteiger partial charge in [-0.1, -0.05) is 6.07 Å². The molecule has 0 fully saturated rings. The predicted octanol–water partition coefficient (Wildman–Crippen LogP) is 2.44. The fourth-order valence-electron chi connectivity index (χ4n) is 1.90. The molecule has 1 aromatic heterocycles. The largest absolute Gasteiger partial charge is 0.384 e. The van der Waals surface area contributed by atoms with E-state index in [1.165, 1.54) is 6.07 Å². The Morgan fingerprint density at radius 1 is 1.29 bits per heavy atom. The molecule has 108 valence electrons. The second kappa shape index (κ2) is 5.58. The molecule has 0 saturated carbocycles. The number of aryl methyl sites for hydroxylation is 2. The SMILES string of the molecule is Cc1cc([N+](=O)[O-])c(C)cc1NC(=O)c1cccc(N)n1. The number of amides is 1. The van der Waals surface area contributed by atoms with E-state index >= 15 is 0 Å². The van der Waals surface area contributed by atoms with Crippen LogP contribution in [0.2, 0.25) is 0 Å². The van der Waals surface area contributed by atoms with Crippen molar-refractivity contribution in [3.8, 4) is 0 Å². The molecule has 1 amide bonds. The van der Waals surface area contributed by atoms with Crippen molar-refractivity contribution in [1.82, 2.24) is 4.98 Å². The lowest BCUT2D eigenvalue weighted by Crippen LogP contribution is -2.15. The normalized spacial score (nSPS) is 10.2. The van der Waals surface area contributed by atoms with Crippen LogP contribution >= 0.6 is 0 Å². The standard InChI is InChI=1S/C14H14N4O3/c1-8-7-12(18(20)21)9(2)6-11(8)17-14(19)10-4-3-5-13(15)16-10/h3-7H,1-2H3,(H2,15,16)(H,17,19). The summed E-state index contributed by atoms with van der Waals surface area (Å²) in [5, 5.41) is 13.5. The molecule has 0 atom stereocenters. The third kappa shape index (κ3) is 3.14. The van der Waals surface area contributed by atoms with Gasteiger partial charge in [0.15, 0.2) is 0 Å². The lowest BCUT2D eigenvalue weighted by atomic mass is 10.1. The molecule has 0 saturated heterocycles. The van der Waals surface area contributed by atoms with Gasteiger partial charge in [-0.2, -0.15) is 0 Å².